The molecule has 0 saturated carbocycles. The number of ketones is 1. The number of morpholine rings is 1. The fourth-order valence-corrected chi connectivity index (χ4v) is 2.14. The van der Waals surface area contributed by atoms with Crippen molar-refractivity contribution in [2.75, 3.05) is 13.2 Å². The maximum absolute atomic E-state index is 12.1. The fourth-order valence-electron chi connectivity index (χ4n) is 2.14. The Balaban J connectivity index is 2.03. The zero-order valence-electron chi connectivity index (χ0n) is 10.7. The average Bonchev–Trinajstić information content (AvgIpc) is 2.39. The molecule has 1 saturated heterocycles. The van der Waals surface area contributed by atoms with Crippen LogP contribution in [0.4, 0.5) is 5.69 Å². The van der Waals surface area contributed by atoms with Crippen LogP contribution in [0.15, 0.2) is 24.3 Å². The minimum absolute atomic E-state index is 0.0319. The number of nitrogens with one attached hydrogen (secondary N) is 1. The smallest absolute Gasteiger partial charge is 0.270 e. The van der Waals surface area contributed by atoms with Crippen molar-refractivity contribution >= 4 is 11.5 Å². The molecule has 6 nitrogen and oxygen atoms in total. The Bertz CT molecular complexity index is 489. The van der Waals surface area contributed by atoms with Crippen LogP contribution in [-0.2, 0) is 4.74 Å². The van der Waals surface area contributed by atoms with E-state index < -0.39 is 4.92 Å². The van der Waals surface area contributed by atoms with E-state index in [1.165, 1.54) is 18.2 Å². The highest BCUT2D eigenvalue weighted by molar-refractivity contribution is 5.97. The highest BCUT2D eigenvalue weighted by Crippen LogP contribution is 2.16. The second kappa shape index (κ2) is 5.90. The second-order valence-electron chi connectivity index (χ2n) is 4.74. The van der Waals surface area contributed by atoms with Gasteiger partial charge in [-0.05, 0) is 6.92 Å². The number of hydrogen-bond donors (Lipinski definition) is 1. The van der Waals surface area contributed by atoms with Crippen LogP contribution < -0.4 is 5.32 Å². The molecule has 2 unspecified atom stereocenters. The van der Waals surface area contributed by atoms with E-state index in [9.17, 15) is 14.9 Å². The van der Waals surface area contributed by atoms with Crippen molar-refractivity contribution in [2.24, 2.45) is 0 Å². The van der Waals surface area contributed by atoms with E-state index in [0.717, 1.165) is 0 Å². The van der Waals surface area contributed by atoms with Crippen molar-refractivity contribution < 1.29 is 14.5 Å². The van der Waals surface area contributed by atoms with Gasteiger partial charge in [-0.2, -0.15) is 0 Å². The van der Waals surface area contributed by atoms with Gasteiger partial charge in [-0.1, -0.05) is 12.1 Å². The van der Waals surface area contributed by atoms with Crippen LogP contribution in [0.1, 0.15) is 23.7 Å². The van der Waals surface area contributed by atoms with Crippen LogP contribution in [-0.4, -0.2) is 36.0 Å². The fraction of sp³-hybridized carbons (Fsp3) is 0.462. The standard InChI is InChI=1S/C13H16N2O4/c1-9-7-19-8-11(14-9)6-13(16)10-3-2-4-12(5-10)15(17)18/h2-5,9,11,14H,6-8H2,1H3. The van der Waals surface area contributed by atoms with Gasteiger partial charge in [-0.3, -0.25) is 14.9 Å². The summed E-state index contributed by atoms with van der Waals surface area (Å²) in [7, 11) is 0. The highest BCUT2D eigenvalue weighted by Gasteiger charge is 2.22. The van der Waals surface area contributed by atoms with Crippen molar-refractivity contribution in [3.8, 4) is 0 Å². The van der Waals surface area contributed by atoms with Crippen molar-refractivity contribution in [2.45, 2.75) is 25.4 Å². The summed E-state index contributed by atoms with van der Waals surface area (Å²) < 4.78 is 5.37. The summed E-state index contributed by atoms with van der Waals surface area (Å²) in [5.41, 5.74) is 0.307. The van der Waals surface area contributed by atoms with E-state index in [1.54, 1.807) is 6.07 Å². The van der Waals surface area contributed by atoms with Gasteiger partial charge in [0.15, 0.2) is 5.78 Å². The minimum Gasteiger partial charge on any atom is -0.378 e. The third-order valence-electron chi connectivity index (χ3n) is 3.02. The minimum atomic E-state index is -0.499. The van der Waals surface area contributed by atoms with Crippen LogP contribution in [0.2, 0.25) is 0 Å². The van der Waals surface area contributed by atoms with E-state index in [-0.39, 0.29) is 30.0 Å². The monoisotopic (exact) mass is 264 g/mol. The predicted molar refractivity (Wildman–Crippen MR) is 69.2 cm³/mol. The first-order valence-electron chi connectivity index (χ1n) is 6.17. The number of benzene rings is 1. The number of carbonyl (C=O) groups is 1. The van der Waals surface area contributed by atoms with Gasteiger partial charge in [0, 0.05) is 36.2 Å². The van der Waals surface area contributed by atoms with Crippen molar-refractivity contribution in [3.05, 3.63) is 39.9 Å². The molecular formula is C13H16N2O4. The zero-order chi connectivity index (χ0) is 13.8. The first kappa shape index (κ1) is 13.6. The van der Waals surface area contributed by atoms with Gasteiger partial charge in [0.1, 0.15) is 0 Å². The Hall–Kier alpha value is -1.79. The lowest BCUT2D eigenvalue weighted by molar-refractivity contribution is -0.384. The Kier molecular flexibility index (Phi) is 4.24. The summed E-state index contributed by atoms with van der Waals surface area (Å²) in [4.78, 5) is 22.2. The summed E-state index contributed by atoms with van der Waals surface area (Å²) in [6, 6.07) is 6.00. The summed E-state index contributed by atoms with van der Waals surface area (Å²) >= 11 is 0. The molecule has 2 atom stereocenters. The van der Waals surface area contributed by atoms with Gasteiger partial charge in [0.2, 0.25) is 0 Å². The molecule has 1 heterocycles. The Labute approximate surface area is 110 Å². The number of Topliss-reactive ketones (excluding diaryl/α,β-unsaturated/α-hetero) is 1. The van der Waals surface area contributed by atoms with Crippen molar-refractivity contribution in [3.63, 3.8) is 0 Å². The van der Waals surface area contributed by atoms with E-state index in [0.29, 0.717) is 18.8 Å². The van der Waals surface area contributed by atoms with E-state index in [1.807, 2.05) is 6.92 Å². The van der Waals surface area contributed by atoms with Crippen LogP contribution >= 0.6 is 0 Å². The zero-order valence-corrected chi connectivity index (χ0v) is 10.7. The number of nitro groups is 1. The molecular weight excluding hydrogens is 248 g/mol. The molecule has 1 aliphatic rings. The lowest BCUT2D eigenvalue weighted by Gasteiger charge is -2.28. The molecule has 1 fully saturated rings. The van der Waals surface area contributed by atoms with Crippen LogP contribution in [0.5, 0.6) is 0 Å². The van der Waals surface area contributed by atoms with Crippen LogP contribution in [0, 0.1) is 10.1 Å². The number of hydrogen-bond acceptors (Lipinski definition) is 5. The third-order valence-corrected chi connectivity index (χ3v) is 3.02. The molecule has 1 N–H and O–H groups in total. The molecule has 6 heteroatoms. The topological polar surface area (TPSA) is 81.5 Å². The lowest BCUT2D eigenvalue weighted by atomic mass is 10.0. The quantitative estimate of drug-likeness (QED) is 0.507. The Morgan fingerprint density at radius 1 is 1.53 bits per heavy atom. The van der Waals surface area contributed by atoms with E-state index >= 15 is 0 Å². The number of nitro benzene ring substituents is 1. The predicted octanol–water partition coefficient (Wildman–Crippen LogP) is 1.54. The SMILES string of the molecule is CC1COCC(CC(=O)c2cccc([N+](=O)[O-])c2)N1. The maximum Gasteiger partial charge on any atom is 0.270 e. The second-order valence-corrected chi connectivity index (χ2v) is 4.74. The summed E-state index contributed by atoms with van der Waals surface area (Å²) in [5.74, 6) is -0.112. The molecule has 0 spiro atoms. The summed E-state index contributed by atoms with van der Waals surface area (Å²) in [6.45, 7) is 3.12. The largest absolute Gasteiger partial charge is 0.378 e. The molecule has 1 aromatic rings. The normalized spacial score (nSPS) is 23.0. The molecule has 0 radical (unpaired) electrons. The molecule has 0 bridgehead atoms. The molecule has 0 aromatic heterocycles. The number of nitrogens with zero attached hydrogens (tertiary/aromatic N) is 1. The van der Waals surface area contributed by atoms with Gasteiger partial charge in [-0.15, -0.1) is 0 Å². The Morgan fingerprint density at radius 2 is 2.32 bits per heavy atom. The molecule has 102 valence electrons. The molecule has 2 rings (SSSR count). The van der Waals surface area contributed by atoms with Gasteiger partial charge in [-0.25, -0.2) is 0 Å². The first-order valence-corrected chi connectivity index (χ1v) is 6.17. The number of carbonyl (C=O) groups excluding carboxylic acids is 1. The van der Waals surface area contributed by atoms with Gasteiger partial charge in [0.25, 0.3) is 5.69 Å². The molecule has 0 aliphatic carbocycles. The summed E-state index contributed by atoms with van der Waals surface area (Å²) in [5, 5.41) is 13.9. The van der Waals surface area contributed by atoms with Gasteiger partial charge in [0.05, 0.1) is 18.1 Å². The van der Waals surface area contributed by atoms with Crippen LogP contribution in [0.25, 0.3) is 0 Å². The number of ether oxygens (including phenoxy) is 1. The molecule has 1 aromatic carbocycles. The number of non-ortho nitro benzene ring substituents is 1. The van der Waals surface area contributed by atoms with E-state index in [4.69, 9.17) is 4.74 Å². The highest BCUT2D eigenvalue weighted by atomic mass is 16.6. The van der Waals surface area contributed by atoms with Crippen LogP contribution in [0.3, 0.4) is 0 Å². The lowest BCUT2D eigenvalue weighted by Crippen LogP contribution is -2.48. The van der Waals surface area contributed by atoms with Crippen molar-refractivity contribution in [1.29, 1.82) is 0 Å². The molecule has 19 heavy (non-hydrogen) atoms. The molecule has 0 amide bonds. The van der Waals surface area contributed by atoms with Gasteiger partial charge >= 0.3 is 0 Å². The maximum atomic E-state index is 12.1. The van der Waals surface area contributed by atoms with Crippen molar-refractivity contribution in [1.82, 2.24) is 5.32 Å². The number of rotatable bonds is 4. The van der Waals surface area contributed by atoms with E-state index in [2.05, 4.69) is 5.32 Å². The first-order chi connectivity index (χ1) is 9.06. The average molecular weight is 264 g/mol. The summed E-state index contributed by atoms with van der Waals surface area (Å²) in [6.07, 6.45) is 0.283. The Morgan fingerprint density at radius 3 is 3.00 bits per heavy atom. The molecule has 1 aliphatic heterocycles. The third kappa shape index (κ3) is 3.59. The van der Waals surface area contributed by atoms with Gasteiger partial charge < -0.3 is 10.1 Å².